The Labute approximate surface area is 154 Å². The van der Waals surface area contributed by atoms with Gasteiger partial charge in [0.15, 0.2) is 0 Å². The van der Waals surface area contributed by atoms with Gasteiger partial charge in [0.2, 0.25) is 5.91 Å². The molecule has 0 radical (unpaired) electrons. The van der Waals surface area contributed by atoms with Crippen molar-refractivity contribution >= 4 is 23.1 Å². The van der Waals surface area contributed by atoms with Crippen LogP contribution in [0.3, 0.4) is 0 Å². The summed E-state index contributed by atoms with van der Waals surface area (Å²) in [6.45, 7) is 4.96. The second kappa shape index (κ2) is 8.30. The summed E-state index contributed by atoms with van der Waals surface area (Å²) in [6.07, 6.45) is 2.13. The Morgan fingerprint density at radius 1 is 1.00 bits per heavy atom. The van der Waals surface area contributed by atoms with E-state index in [4.69, 9.17) is 0 Å². The Kier molecular flexibility index (Phi) is 5.64. The molecule has 3 rings (SSSR count). The van der Waals surface area contributed by atoms with E-state index in [0.29, 0.717) is 12.2 Å². The maximum Gasteiger partial charge on any atom is 0.229 e. The Balaban J connectivity index is 1.66. The highest BCUT2D eigenvalue weighted by molar-refractivity contribution is 5.91. The summed E-state index contributed by atoms with van der Waals surface area (Å²) < 4.78 is 0. The Morgan fingerprint density at radius 2 is 1.81 bits per heavy atom. The smallest absolute Gasteiger partial charge is 0.229 e. The van der Waals surface area contributed by atoms with Crippen LogP contribution >= 0.6 is 0 Å². The number of aromatic nitrogens is 1. The van der Waals surface area contributed by atoms with Crippen molar-refractivity contribution in [3.05, 3.63) is 84.1 Å². The Morgan fingerprint density at radius 3 is 2.46 bits per heavy atom. The number of hydrogen-bond acceptors (Lipinski definition) is 3. The number of para-hydroxylation sites is 1. The van der Waals surface area contributed by atoms with E-state index in [1.165, 1.54) is 0 Å². The quantitative estimate of drug-likeness (QED) is 0.702. The first-order valence-corrected chi connectivity index (χ1v) is 8.79. The number of nitrogens with zero attached hydrogens (tertiary/aromatic N) is 2. The molecule has 1 amide bonds. The summed E-state index contributed by atoms with van der Waals surface area (Å²) in [5, 5.41) is 2.87. The van der Waals surface area contributed by atoms with E-state index in [1.807, 2.05) is 61.5 Å². The largest absolute Gasteiger partial charge is 0.341 e. The number of aryl methyl sites for hydroxylation is 1. The zero-order chi connectivity index (χ0) is 18.4. The van der Waals surface area contributed by atoms with Gasteiger partial charge in [-0.3, -0.25) is 4.79 Å². The number of anilines is 3. The van der Waals surface area contributed by atoms with Crippen molar-refractivity contribution in [3.63, 3.8) is 0 Å². The second-order valence-electron chi connectivity index (χ2n) is 6.20. The molecule has 0 aliphatic carbocycles. The summed E-state index contributed by atoms with van der Waals surface area (Å²) in [7, 11) is 0. The van der Waals surface area contributed by atoms with E-state index in [1.54, 1.807) is 6.20 Å². The first kappa shape index (κ1) is 17.7. The van der Waals surface area contributed by atoms with Crippen LogP contribution in [0.4, 0.5) is 17.2 Å². The summed E-state index contributed by atoms with van der Waals surface area (Å²) in [6, 6.07) is 22.0. The van der Waals surface area contributed by atoms with Gasteiger partial charge in [-0.25, -0.2) is 4.98 Å². The third-order valence-electron chi connectivity index (χ3n) is 4.16. The van der Waals surface area contributed by atoms with Gasteiger partial charge in [-0.1, -0.05) is 48.0 Å². The van der Waals surface area contributed by atoms with Crippen molar-refractivity contribution in [3.8, 4) is 0 Å². The topological polar surface area (TPSA) is 45.2 Å². The minimum absolute atomic E-state index is 0.0637. The number of nitrogens with one attached hydrogen (secondary N) is 1. The van der Waals surface area contributed by atoms with Crippen molar-refractivity contribution in [2.24, 2.45) is 0 Å². The molecular formula is C22H23N3O. The lowest BCUT2D eigenvalue weighted by molar-refractivity contribution is -0.115. The van der Waals surface area contributed by atoms with Gasteiger partial charge in [-0.2, -0.15) is 0 Å². The first-order valence-electron chi connectivity index (χ1n) is 8.79. The molecule has 3 aromatic rings. The van der Waals surface area contributed by atoms with Crippen LogP contribution < -0.4 is 10.2 Å². The zero-order valence-electron chi connectivity index (χ0n) is 15.1. The summed E-state index contributed by atoms with van der Waals surface area (Å²) in [5.41, 5.74) is 4.27. The highest BCUT2D eigenvalue weighted by atomic mass is 16.1. The van der Waals surface area contributed by atoms with Crippen molar-refractivity contribution in [2.45, 2.75) is 20.3 Å². The van der Waals surface area contributed by atoms with E-state index < -0.39 is 0 Å². The van der Waals surface area contributed by atoms with E-state index in [-0.39, 0.29) is 5.91 Å². The first-order chi connectivity index (χ1) is 12.7. The monoisotopic (exact) mass is 345 g/mol. The highest BCUT2D eigenvalue weighted by Crippen LogP contribution is 2.24. The maximum atomic E-state index is 12.2. The number of carbonyl (C=O) groups is 1. The molecule has 0 aliphatic rings. The molecule has 1 aromatic heterocycles. The van der Waals surface area contributed by atoms with Crippen molar-refractivity contribution in [1.29, 1.82) is 0 Å². The van der Waals surface area contributed by atoms with Crippen LogP contribution in [-0.2, 0) is 11.2 Å². The molecule has 0 spiro atoms. The van der Waals surface area contributed by atoms with Crippen LogP contribution in [0.15, 0.2) is 72.9 Å². The molecule has 0 fully saturated rings. The zero-order valence-corrected chi connectivity index (χ0v) is 15.1. The maximum absolute atomic E-state index is 12.2. The lowest BCUT2D eigenvalue weighted by Crippen LogP contribution is -2.17. The Hall–Kier alpha value is -3.14. The molecule has 0 atom stereocenters. The number of amides is 1. The van der Waals surface area contributed by atoms with Crippen LogP contribution in [0.2, 0.25) is 0 Å². The van der Waals surface area contributed by atoms with Gasteiger partial charge in [-0.15, -0.1) is 0 Å². The van der Waals surface area contributed by atoms with Crippen molar-refractivity contribution < 1.29 is 4.79 Å². The molecule has 0 bridgehead atoms. The van der Waals surface area contributed by atoms with Crippen LogP contribution in [0, 0.1) is 6.92 Å². The molecule has 26 heavy (non-hydrogen) atoms. The molecule has 2 aromatic carbocycles. The fraction of sp³-hybridized carbons (Fsp3) is 0.182. The molecule has 0 aliphatic heterocycles. The molecule has 0 saturated heterocycles. The molecule has 0 unspecified atom stereocenters. The fourth-order valence-electron chi connectivity index (χ4n) is 2.94. The summed E-state index contributed by atoms with van der Waals surface area (Å²) >= 11 is 0. The standard InChI is InChI=1S/C22H23N3O/c1-3-25(19-10-5-4-6-11-19)20-12-13-21(23-16-20)24-22(26)15-18-9-7-8-17(2)14-18/h4-14,16H,3,15H2,1-2H3,(H,23,24,26). The lowest BCUT2D eigenvalue weighted by Gasteiger charge is -2.23. The fourth-order valence-corrected chi connectivity index (χ4v) is 2.94. The summed E-state index contributed by atoms with van der Waals surface area (Å²) in [4.78, 5) is 18.8. The number of pyridine rings is 1. The van der Waals surface area contributed by atoms with Gasteiger partial charge in [-0.05, 0) is 43.7 Å². The van der Waals surface area contributed by atoms with Crippen LogP contribution in [0.1, 0.15) is 18.1 Å². The van der Waals surface area contributed by atoms with Crippen LogP contribution in [-0.4, -0.2) is 17.4 Å². The molecule has 4 nitrogen and oxygen atoms in total. The van der Waals surface area contributed by atoms with E-state index in [2.05, 4.69) is 34.3 Å². The number of benzene rings is 2. The van der Waals surface area contributed by atoms with Gasteiger partial charge in [0.25, 0.3) is 0 Å². The van der Waals surface area contributed by atoms with Gasteiger partial charge in [0.1, 0.15) is 5.82 Å². The minimum Gasteiger partial charge on any atom is -0.341 e. The minimum atomic E-state index is -0.0637. The molecule has 0 saturated carbocycles. The van der Waals surface area contributed by atoms with Gasteiger partial charge >= 0.3 is 0 Å². The predicted octanol–water partition coefficient (Wildman–Crippen LogP) is 4.73. The molecular weight excluding hydrogens is 322 g/mol. The van der Waals surface area contributed by atoms with Gasteiger partial charge in [0.05, 0.1) is 18.3 Å². The average Bonchev–Trinajstić information content (AvgIpc) is 2.64. The SMILES string of the molecule is CCN(c1ccccc1)c1ccc(NC(=O)Cc2cccc(C)c2)nc1. The van der Waals surface area contributed by atoms with Gasteiger partial charge < -0.3 is 10.2 Å². The lowest BCUT2D eigenvalue weighted by atomic mass is 10.1. The molecule has 4 heteroatoms. The highest BCUT2D eigenvalue weighted by Gasteiger charge is 2.09. The number of rotatable bonds is 6. The third kappa shape index (κ3) is 4.48. The van der Waals surface area contributed by atoms with Crippen LogP contribution in [0.25, 0.3) is 0 Å². The second-order valence-corrected chi connectivity index (χ2v) is 6.20. The number of carbonyl (C=O) groups excluding carboxylic acids is 1. The predicted molar refractivity (Wildman–Crippen MR) is 107 cm³/mol. The average molecular weight is 345 g/mol. The summed E-state index contributed by atoms with van der Waals surface area (Å²) in [5.74, 6) is 0.502. The van der Waals surface area contributed by atoms with Gasteiger partial charge in [0, 0.05) is 12.2 Å². The van der Waals surface area contributed by atoms with E-state index in [9.17, 15) is 4.79 Å². The molecule has 1 N–H and O–H groups in total. The van der Waals surface area contributed by atoms with Crippen molar-refractivity contribution in [2.75, 3.05) is 16.8 Å². The third-order valence-corrected chi connectivity index (χ3v) is 4.16. The normalized spacial score (nSPS) is 10.4. The van der Waals surface area contributed by atoms with E-state index >= 15 is 0 Å². The molecule has 1 heterocycles. The Bertz CT molecular complexity index is 860. The molecule has 132 valence electrons. The van der Waals surface area contributed by atoms with Crippen LogP contribution in [0.5, 0.6) is 0 Å². The van der Waals surface area contributed by atoms with E-state index in [0.717, 1.165) is 29.0 Å². The van der Waals surface area contributed by atoms with Crippen molar-refractivity contribution in [1.82, 2.24) is 4.98 Å². The number of hydrogen-bond donors (Lipinski definition) is 1.